The molecule has 6 rings (SSSR count). The second-order valence-corrected chi connectivity index (χ2v) is 8.61. The number of aromatic amines is 1. The van der Waals surface area contributed by atoms with Crippen LogP contribution in [-0.2, 0) is 6.54 Å². The number of benzene rings is 1. The predicted molar refractivity (Wildman–Crippen MR) is 119 cm³/mol. The Labute approximate surface area is 179 Å². The van der Waals surface area contributed by atoms with Crippen molar-refractivity contribution in [1.82, 2.24) is 29.5 Å². The Hall–Kier alpha value is -3.06. The summed E-state index contributed by atoms with van der Waals surface area (Å²) < 4.78 is 4.62. The number of nitrogens with one attached hydrogen (secondary N) is 1. The molecule has 30 heavy (non-hydrogen) atoms. The summed E-state index contributed by atoms with van der Waals surface area (Å²) in [5.41, 5.74) is 5.27. The van der Waals surface area contributed by atoms with Crippen LogP contribution in [0.5, 0.6) is 0 Å². The largest absolute Gasteiger partial charge is 0.296 e. The number of rotatable bonds is 6. The molecule has 0 radical (unpaired) electrons. The fraction of sp³-hybridized carbons (Fsp3) is 0.304. The Morgan fingerprint density at radius 2 is 1.90 bits per heavy atom. The average molecular weight is 415 g/mol. The zero-order valence-corrected chi connectivity index (χ0v) is 17.4. The Bertz CT molecular complexity index is 1320. The zero-order valence-electron chi connectivity index (χ0n) is 16.6. The minimum Gasteiger partial charge on any atom is -0.296 e. The first-order valence-electron chi connectivity index (χ1n) is 10.5. The van der Waals surface area contributed by atoms with E-state index in [1.54, 1.807) is 0 Å². The van der Waals surface area contributed by atoms with E-state index in [-0.39, 0.29) is 0 Å². The molecule has 4 aromatic rings. The molecule has 0 bridgehead atoms. The number of pyridine rings is 1. The van der Waals surface area contributed by atoms with Gasteiger partial charge in [-0.25, -0.2) is 9.67 Å². The van der Waals surface area contributed by atoms with E-state index in [1.807, 2.05) is 33.5 Å². The van der Waals surface area contributed by atoms with Crippen LogP contribution in [0.3, 0.4) is 0 Å². The summed E-state index contributed by atoms with van der Waals surface area (Å²) in [5, 5.41) is 13.8. The third-order valence-corrected chi connectivity index (χ3v) is 6.27. The molecule has 2 aliphatic carbocycles. The SMILES string of the molecule is C=CCn1c(-c2cc(C3CC3)nc3c2c(C2CC2)nn3-c2ccccc2)n[nH]c1=S. The van der Waals surface area contributed by atoms with Gasteiger partial charge in [-0.15, -0.1) is 6.58 Å². The van der Waals surface area contributed by atoms with E-state index in [1.165, 1.54) is 25.7 Å². The minimum absolute atomic E-state index is 0.486. The van der Waals surface area contributed by atoms with Crippen LogP contribution in [0.4, 0.5) is 0 Å². The number of allylic oxidation sites excluding steroid dienone is 1. The molecule has 0 saturated heterocycles. The van der Waals surface area contributed by atoms with Crippen molar-refractivity contribution < 1.29 is 0 Å². The van der Waals surface area contributed by atoms with Gasteiger partial charge in [0.1, 0.15) is 0 Å². The molecule has 0 atom stereocenters. The maximum absolute atomic E-state index is 5.50. The van der Waals surface area contributed by atoms with E-state index in [2.05, 4.69) is 35.0 Å². The van der Waals surface area contributed by atoms with Crippen molar-refractivity contribution >= 4 is 23.3 Å². The van der Waals surface area contributed by atoms with Crippen LogP contribution < -0.4 is 0 Å². The molecule has 0 spiro atoms. The van der Waals surface area contributed by atoms with Crippen LogP contribution in [0.15, 0.2) is 49.1 Å². The molecule has 0 aliphatic heterocycles. The van der Waals surface area contributed by atoms with Crippen molar-refractivity contribution in [2.75, 3.05) is 0 Å². The molecule has 6 nitrogen and oxygen atoms in total. The number of aromatic nitrogens is 6. The van der Waals surface area contributed by atoms with Crippen LogP contribution in [0.2, 0.25) is 0 Å². The number of hydrogen-bond acceptors (Lipinski definition) is 4. The topological polar surface area (TPSA) is 64.3 Å². The molecule has 0 amide bonds. The first-order chi connectivity index (χ1) is 14.7. The van der Waals surface area contributed by atoms with Gasteiger partial charge in [-0.3, -0.25) is 9.67 Å². The molecule has 7 heteroatoms. The molecule has 2 aliphatic rings. The predicted octanol–water partition coefficient (Wildman–Crippen LogP) is 5.28. The van der Waals surface area contributed by atoms with Gasteiger partial charge < -0.3 is 0 Å². The minimum atomic E-state index is 0.486. The van der Waals surface area contributed by atoms with Crippen LogP contribution in [-0.4, -0.2) is 29.5 Å². The fourth-order valence-corrected chi connectivity index (χ4v) is 4.35. The summed E-state index contributed by atoms with van der Waals surface area (Å²) in [6.07, 6.45) is 6.57. The molecule has 2 saturated carbocycles. The number of para-hydroxylation sites is 1. The number of H-pyrrole nitrogens is 1. The van der Waals surface area contributed by atoms with Crippen molar-refractivity contribution in [3.8, 4) is 17.1 Å². The summed E-state index contributed by atoms with van der Waals surface area (Å²) in [7, 11) is 0. The second kappa shape index (κ2) is 6.74. The van der Waals surface area contributed by atoms with Crippen LogP contribution in [0, 0.1) is 4.77 Å². The van der Waals surface area contributed by atoms with Gasteiger partial charge in [-0.1, -0.05) is 24.3 Å². The smallest absolute Gasteiger partial charge is 0.195 e. The zero-order chi connectivity index (χ0) is 20.2. The number of hydrogen-bond donors (Lipinski definition) is 1. The maximum Gasteiger partial charge on any atom is 0.195 e. The van der Waals surface area contributed by atoms with E-state index < -0.39 is 0 Å². The highest BCUT2D eigenvalue weighted by atomic mass is 32.1. The Balaban J connectivity index is 1.69. The first-order valence-corrected chi connectivity index (χ1v) is 10.9. The standard InChI is InChI=1S/C23H22N6S/c1-2-12-28-21(25-26-23(28)30)17-13-18(14-8-9-14)24-22-19(17)20(15-10-11-15)27-29(22)16-6-4-3-5-7-16/h2-7,13-15H,1,8-12H2,(H,26,30). The average Bonchev–Trinajstić information content (AvgIpc) is 3.70. The lowest BCUT2D eigenvalue weighted by atomic mass is 10.0. The van der Waals surface area contributed by atoms with Crippen molar-refractivity contribution in [2.24, 2.45) is 0 Å². The van der Waals surface area contributed by atoms with Gasteiger partial charge in [0.2, 0.25) is 0 Å². The quantitative estimate of drug-likeness (QED) is 0.344. The third kappa shape index (κ3) is 2.84. The van der Waals surface area contributed by atoms with Crippen molar-refractivity contribution in [3.05, 3.63) is 65.2 Å². The van der Waals surface area contributed by atoms with E-state index in [0.717, 1.165) is 39.5 Å². The fourth-order valence-electron chi connectivity index (χ4n) is 4.14. The summed E-state index contributed by atoms with van der Waals surface area (Å²) in [5.74, 6) is 1.84. The van der Waals surface area contributed by atoms with E-state index in [4.69, 9.17) is 22.3 Å². The molecule has 2 fully saturated rings. The Kier molecular flexibility index (Phi) is 3.99. The summed E-state index contributed by atoms with van der Waals surface area (Å²) in [6.45, 7) is 4.50. The maximum atomic E-state index is 5.50. The highest BCUT2D eigenvalue weighted by Gasteiger charge is 2.34. The first kappa shape index (κ1) is 17.8. The molecule has 0 unspecified atom stereocenters. The van der Waals surface area contributed by atoms with Gasteiger partial charge in [0.15, 0.2) is 16.2 Å². The highest BCUT2D eigenvalue weighted by Crippen LogP contribution is 2.47. The monoisotopic (exact) mass is 414 g/mol. The van der Waals surface area contributed by atoms with E-state index >= 15 is 0 Å². The molecule has 3 aromatic heterocycles. The van der Waals surface area contributed by atoms with Crippen LogP contribution >= 0.6 is 12.2 Å². The lowest BCUT2D eigenvalue weighted by molar-refractivity contribution is 0.814. The number of nitrogens with zero attached hydrogens (tertiary/aromatic N) is 5. The van der Waals surface area contributed by atoms with E-state index in [0.29, 0.717) is 23.2 Å². The van der Waals surface area contributed by atoms with Crippen LogP contribution in [0.25, 0.3) is 28.1 Å². The lowest BCUT2D eigenvalue weighted by Gasteiger charge is -2.10. The Morgan fingerprint density at radius 3 is 2.60 bits per heavy atom. The molecule has 3 heterocycles. The van der Waals surface area contributed by atoms with Gasteiger partial charge in [-0.2, -0.15) is 10.2 Å². The Morgan fingerprint density at radius 1 is 1.13 bits per heavy atom. The van der Waals surface area contributed by atoms with Crippen molar-refractivity contribution in [1.29, 1.82) is 0 Å². The molecular weight excluding hydrogens is 392 g/mol. The molecule has 1 N–H and O–H groups in total. The molecular formula is C23H22N6S. The van der Waals surface area contributed by atoms with E-state index in [9.17, 15) is 0 Å². The molecule has 1 aromatic carbocycles. The summed E-state index contributed by atoms with van der Waals surface area (Å²) >= 11 is 5.50. The normalized spacial score (nSPS) is 16.3. The summed E-state index contributed by atoms with van der Waals surface area (Å²) in [4.78, 5) is 5.12. The lowest BCUT2D eigenvalue weighted by Crippen LogP contribution is -2.02. The van der Waals surface area contributed by atoms with Gasteiger partial charge >= 0.3 is 0 Å². The second-order valence-electron chi connectivity index (χ2n) is 8.23. The van der Waals surface area contributed by atoms with Crippen molar-refractivity contribution in [3.63, 3.8) is 0 Å². The summed E-state index contributed by atoms with van der Waals surface area (Å²) in [6, 6.07) is 12.5. The third-order valence-electron chi connectivity index (χ3n) is 5.96. The van der Waals surface area contributed by atoms with Gasteiger partial charge in [0.25, 0.3) is 0 Å². The molecule has 150 valence electrons. The van der Waals surface area contributed by atoms with Gasteiger partial charge in [-0.05, 0) is 56.1 Å². The number of fused-ring (bicyclic) bond motifs is 1. The van der Waals surface area contributed by atoms with Crippen LogP contribution in [0.1, 0.15) is 48.9 Å². The highest BCUT2D eigenvalue weighted by molar-refractivity contribution is 7.71. The van der Waals surface area contributed by atoms with Crippen molar-refractivity contribution in [2.45, 2.75) is 44.1 Å². The van der Waals surface area contributed by atoms with Gasteiger partial charge in [0, 0.05) is 29.6 Å². The van der Waals surface area contributed by atoms with Gasteiger partial charge in [0.05, 0.1) is 16.8 Å².